The SMILES string of the molecule is O=S(=O)(c1ccc(Cl)c(NC(=S)N/N=C/c2ccccc2OC(F)F)c1)N1CCOCC1. The zero-order chi connectivity index (χ0) is 23.1. The second kappa shape index (κ2) is 11.0. The number of benzene rings is 2. The zero-order valence-electron chi connectivity index (χ0n) is 16.5. The molecule has 172 valence electrons. The Morgan fingerprint density at radius 1 is 1.25 bits per heavy atom. The van der Waals surface area contributed by atoms with Gasteiger partial charge in [0, 0.05) is 18.7 Å². The fourth-order valence-electron chi connectivity index (χ4n) is 2.80. The summed E-state index contributed by atoms with van der Waals surface area (Å²) in [5.41, 5.74) is 3.09. The molecular formula is C19H19ClF2N4O4S2. The molecule has 0 atom stereocenters. The van der Waals surface area contributed by atoms with E-state index in [2.05, 4.69) is 20.6 Å². The molecular weight excluding hydrogens is 486 g/mol. The van der Waals surface area contributed by atoms with Crippen LogP contribution in [-0.4, -0.2) is 57.0 Å². The molecule has 8 nitrogen and oxygen atoms in total. The number of alkyl halides is 2. The van der Waals surface area contributed by atoms with Crippen molar-refractivity contribution < 1.29 is 26.7 Å². The monoisotopic (exact) mass is 504 g/mol. The van der Waals surface area contributed by atoms with Gasteiger partial charge in [-0.25, -0.2) is 8.42 Å². The van der Waals surface area contributed by atoms with Crippen molar-refractivity contribution >= 4 is 50.9 Å². The number of hydrogen-bond donors (Lipinski definition) is 2. The molecule has 0 amide bonds. The van der Waals surface area contributed by atoms with Gasteiger partial charge in [-0.15, -0.1) is 0 Å². The van der Waals surface area contributed by atoms with Gasteiger partial charge in [0.15, 0.2) is 5.11 Å². The van der Waals surface area contributed by atoms with Crippen molar-refractivity contribution in [2.24, 2.45) is 5.10 Å². The number of sulfonamides is 1. The maximum Gasteiger partial charge on any atom is 0.387 e. The number of para-hydroxylation sites is 1. The lowest BCUT2D eigenvalue weighted by Crippen LogP contribution is -2.40. The summed E-state index contributed by atoms with van der Waals surface area (Å²) < 4.78 is 61.6. The van der Waals surface area contributed by atoms with Crippen LogP contribution in [-0.2, 0) is 14.8 Å². The van der Waals surface area contributed by atoms with E-state index in [1.165, 1.54) is 40.9 Å². The third-order valence-corrected chi connectivity index (χ3v) is 6.72. The van der Waals surface area contributed by atoms with E-state index < -0.39 is 16.6 Å². The minimum atomic E-state index is -3.72. The average Bonchev–Trinajstić information content (AvgIpc) is 2.76. The van der Waals surface area contributed by atoms with E-state index in [1.54, 1.807) is 12.1 Å². The van der Waals surface area contributed by atoms with E-state index in [4.69, 9.17) is 28.6 Å². The summed E-state index contributed by atoms with van der Waals surface area (Å²) in [5, 5.41) is 6.92. The van der Waals surface area contributed by atoms with Crippen molar-refractivity contribution in [3.05, 3.63) is 53.1 Å². The van der Waals surface area contributed by atoms with Gasteiger partial charge in [-0.2, -0.15) is 18.2 Å². The molecule has 0 bridgehead atoms. The average molecular weight is 505 g/mol. The van der Waals surface area contributed by atoms with Crippen LogP contribution in [0.3, 0.4) is 0 Å². The van der Waals surface area contributed by atoms with Crippen LogP contribution in [0.2, 0.25) is 5.02 Å². The number of hydrazone groups is 1. The minimum absolute atomic E-state index is 0.0105. The van der Waals surface area contributed by atoms with E-state index in [0.717, 1.165) is 0 Å². The van der Waals surface area contributed by atoms with E-state index in [0.29, 0.717) is 18.8 Å². The van der Waals surface area contributed by atoms with Gasteiger partial charge in [0.25, 0.3) is 0 Å². The molecule has 0 radical (unpaired) electrons. The number of hydrogen-bond acceptors (Lipinski definition) is 6. The van der Waals surface area contributed by atoms with Crippen LogP contribution < -0.4 is 15.5 Å². The Balaban J connectivity index is 1.68. The highest BCUT2D eigenvalue weighted by molar-refractivity contribution is 7.89. The molecule has 1 aliphatic heterocycles. The molecule has 1 saturated heterocycles. The lowest BCUT2D eigenvalue weighted by molar-refractivity contribution is -0.0499. The fraction of sp³-hybridized carbons (Fsp3) is 0.263. The van der Waals surface area contributed by atoms with E-state index in [1.807, 2.05) is 0 Å². The summed E-state index contributed by atoms with van der Waals surface area (Å²) in [6.07, 6.45) is 1.26. The van der Waals surface area contributed by atoms with Gasteiger partial charge in [-0.05, 0) is 42.5 Å². The second-order valence-electron chi connectivity index (χ2n) is 6.40. The third kappa shape index (κ3) is 6.33. The predicted octanol–water partition coefficient (Wildman–Crippen LogP) is 3.28. The third-order valence-electron chi connectivity index (χ3n) is 4.30. The Morgan fingerprint density at radius 2 is 1.97 bits per heavy atom. The second-order valence-corrected chi connectivity index (χ2v) is 9.15. The van der Waals surface area contributed by atoms with Crippen LogP contribution in [0.25, 0.3) is 0 Å². The maximum atomic E-state index is 12.8. The highest BCUT2D eigenvalue weighted by Crippen LogP contribution is 2.27. The zero-order valence-corrected chi connectivity index (χ0v) is 18.9. The van der Waals surface area contributed by atoms with Crippen molar-refractivity contribution in [1.29, 1.82) is 0 Å². The lowest BCUT2D eigenvalue weighted by Gasteiger charge is -2.26. The van der Waals surface area contributed by atoms with Gasteiger partial charge in [0.1, 0.15) is 5.75 Å². The Hall–Kier alpha value is -2.38. The van der Waals surface area contributed by atoms with Crippen LogP contribution >= 0.6 is 23.8 Å². The van der Waals surface area contributed by atoms with Crippen molar-refractivity contribution in [1.82, 2.24) is 9.73 Å². The number of morpholine rings is 1. The number of rotatable bonds is 7. The molecule has 1 fully saturated rings. The van der Waals surface area contributed by atoms with Crippen molar-refractivity contribution in [3.8, 4) is 5.75 Å². The molecule has 32 heavy (non-hydrogen) atoms. The van der Waals surface area contributed by atoms with Crippen molar-refractivity contribution in [3.63, 3.8) is 0 Å². The first kappa shape index (κ1) is 24.3. The summed E-state index contributed by atoms with van der Waals surface area (Å²) in [5.74, 6) is -0.0454. The van der Waals surface area contributed by atoms with Crippen molar-refractivity contribution in [2.75, 3.05) is 31.6 Å². The quantitative estimate of drug-likeness (QED) is 0.339. The molecule has 3 rings (SSSR count). The Morgan fingerprint density at radius 3 is 2.69 bits per heavy atom. The molecule has 2 N–H and O–H groups in total. The highest BCUT2D eigenvalue weighted by Gasteiger charge is 2.27. The van der Waals surface area contributed by atoms with Gasteiger partial charge in [0.05, 0.1) is 35.0 Å². The standard InChI is InChI=1S/C19H19ClF2N4O4S2/c20-15-6-5-14(32(27,28)26-7-9-29-10-8-26)11-16(15)24-19(31)25-23-12-13-3-1-2-4-17(13)30-18(21)22/h1-6,11-12,18H,7-10H2,(H2,24,25,31)/b23-12+. The van der Waals surface area contributed by atoms with Crippen LogP contribution in [0.4, 0.5) is 14.5 Å². The number of halogens is 3. The lowest BCUT2D eigenvalue weighted by atomic mass is 10.2. The Bertz CT molecular complexity index is 1100. The Kier molecular flexibility index (Phi) is 8.32. The molecule has 2 aromatic carbocycles. The van der Waals surface area contributed by atoms with Gasteiger partial charge >= 0.3 is 6.61 Å². The molecule has 13 heteroatoms. The molecule has 0 spiro atoms. The first-order chi connectivity index (χ1) is 15.3. The number of nitrogens with zero attached hydrogens (tertiary/aromatic N) is 2. The largest absolute Gasteiger partial charge is 0.434 e. The number of nitrogens with one attached hydrogen (secondary N) is 2. The minimum Gasteiger partial charge on any atom is -0.434 e. The van der Waals surface area contributed by atoms with Crippen molar-refractivity contribution in [2.45, 2.75) is 11.5 Å². The number of ether oxygens (including phenoxy) is 2. The van der Waals surface area contributed by atoms with Gasteiger partial charge in [0.2, 0.25) is 10.0 Å². The smallest absolute Gasteiger partial charge is 0.387 e. The van der Waals surface area contributed by atoms with Gasteiger partial charge in [-0.1, -0.05) is 23.7 Å². The van der Waals surface area contributed by atoms with E-state index >= 15 is 0 Å². The molecule has 0 aromatic heterocycles. The normalized spacial score (nSPS) is 15.1. The Labute approximate surface area is 194 Å². The topological polar surface area (TPSA) is 92.3 Å². The van der Waals surface area contributed by atoms with E-state index in [9.17, 15) is 17.2 Å². The molecule has 1 aliphatic rings. The molecule has 1 heterocycles. The fourth-order valence-corrected chi connectivity index (χ4v) is 4.56. The summed E-state index contributed by atoms with van der Waals surface area (Å²) in [6, 6.07) is 10.3. The van der Waals surface area contributed by atoms with Gasteiger partial charge in [-0.3, -0.25) is 5.43 Å². The highest BCUT2D eigenvalue weighted by atomic mass is 35.5. The van der Waals surface area contributed by atoms with Crippen LogP contribution in [0, 0.1) is 0 Å². The number of anilines is 1. The molecule has 0 aliphatic carbocycles. The summed E-state index contributed by atoms with van der Waals surface area (Å²) in [4.78, 5) is 0.0516. The van der Waals surface area contributed by atoms with E-state index in [-0.39, 0.29) is 39.6 Å². The first-order valence-corrected chi connectivity index (χ1v) is 11.5. The van der Waals surface area contributed by atoms with Crippen LogP contribution in [0.15, 0.2) is 52.5 Å². The molecule has 0 saturated carbocycles. The van der Waals surface area contributed by atoms with Crippen LogP contribution in [0.1, 0.15) is 5.56 Å². The van der Waals surface area contributed by atoms with Crippen LogP contribution in [0.5, 0.6) is 5.75 Å². The van der Waals surface area contributed by atoms with Gasteiger partial charge < -0.3 is 14.8 Å². The first-order valence-electron chi connectivity index (χ1n) is 9.29. The number of thiocarbonyl (C=S) groups is 1. The summed E-state index contributed by atoms with van der Waals surface area (Å²) >= 11 is 11.3. The molecule has 0 unspecified atom stereocenters. The molecule has 2 aromatic rings. The predicted molar refractivity (Wildman–Crippen MR) is 121 cm³/mol. The summed E-state index contributed by atoms with van der Waals surface area (Å²) in [6.45, 7) is -1.79. The summed E-state index contributed by atoms with van der Waals surface area (Å²) in [7, 11) is -3.72. The maximum absolute atomic E-state index is 12.8.